The first-order valence-corrected chi connectivity index (χ1v) is 10.1. The second kappa shape index (κ2) is 9.80. The highest BCUT2D eigenvalue weighted by molar-refractivity contribution is 5.94. The summed E-state index contributed by atoms with van der Waals surface area (Å²) in [5.41, 5.74) is 1.25. The molecule has 3 rings (SSSR count). The number of rotatable bonds is 6. The first kappa shape index (κ1) is 21.9. The van der Waals surface area contributed by atoms with Gasteiger partial charge >= 0.3 is 0 Å². The van der Waals surface area contributed by atoms with E-state index in [1.807, 2.05) is 25.1 Å². The van der Waals surface area contributed by atoms with E-state index in [4.69, 9.17) is 0 Å². The molecule has 7 heteroatoms. The van der Waals surface area contributed by atoms with Crippen molar-refractivity contribution in [2.75, 3.05) is 33.7 Å². The van der Waals surface area contributed by atoms with Gasteiger partial charge in [0.25, 0.3) is 5.91 Å². The van der Waals surface area contributed by atoms with E-state index in [1.54, 1.807) is 11.0 Å². The number of piperidine rings is 1. The summed E-state index contributed by atoms with van der Waals surface area (Å²) in [5, 5.41) is 2.99. The van der Waals surface area contributed by atoms with Gasteiger partial charge in [0.15, 0.2) is 0 Å². The first-order chi connectivity index (χ1) is 14.3. The van der Waals surface area contributed by atoms with Gasteiger partial charge in [0.2, 0.25) is 5.91 Å². The lowest BCUT2D eigenvalue weighted by atomic mass is 9.95. The fraction of sp³-hybridized carbons (Fsp3) is 0.391. The summed E-state index contributed by atoms with van der Waals surface area (Å²) in [6.45, 7) is 1.34. The average molecular weight is 415 g/mol. The molecular formula is C23H27F2N3O2. The minimum absolute atomic E-state index is 0.0489. The molecule has 0 aromatic heterocycles. The van der Waals surface area contributed by atoms with E-state index >= 15 is 0 Å². The van der Waals surface area contributed by atoms with Gasteiger partial charge in [0.05, 0.1) is 6.04 Å². The van der Waals surface area contributed by atoms with Gasteiger partial charge < -0.3 is 15.1 Å². The maximum Gasteiger partial charge on any atom is 0.253 e. The number of carbonyl (C=O) groups is 2. The van der Waals surface area contributed by atoms with Gasteiger partial charge in [0, 0.05) is 31.1 Å². The molecule has 0 unspecified atom stereocenters. The van der Waals surface area contributed by atoms with Crippen LogP contribution in [0.2, 0.25) is 0 Å². The van der Waals surface area contributed by atoms with Crippen molar-refractivity contribution in [2.24, 2.45) is 5.92 Å². The quantitative estimate of drug-likeness (QED) is 0.788. The third-order valence-corrected chi connectivity index (χ3v) is 5.57. The number of hydrogen-bond donors (Lipinski definition) is 1. The van der Waals surface area contributed by atoms with Crippen LogP contribution in [0, 0.1) is 17.6 Å². The molecule has 2 amide bonds. The lowest BCUT2D eigenvalue weighted by Crippen LogP contribution is -2.44. The normalized spacial score (nSPS) is 15.8. The Morgan fingerprint density at radius 2 is 1.73 bits per heavy atom. The molecule has 0 spiro atoms. The number of nitrogens with zero attached hydrogens (tertiary/aromatic N) is 2. The van der Waals surface area contributed by atoms with E-state index in [-0.39, 0.29) is 35.4 Å². The number of likely N-dealkylation sites (tertiary alicyclic amines) is 1. The molecule has 1 aliphatic rings. The van der Waals surface area contributed by atoms with E-state index < -0.39 is 0 Å². The van der Waals surface area contributed by atoms with Crippen LogP contribution in [0.25, 0.3) is 0 Å². The number of hydrogen-bond acceptors (Lipinski definition) is 3. The van der Waals surface area contributed by atoms with E-state index in [1.165, 1.54) is 36.4 Å². The van der Waals surface area contributed by atoms with Crippen LogP contribution >= 0.6 is 0 Å². The molecule has 1 N–H and O–H groups in total. The molecule has 2 aromatic carbocycles. The molecule has 1 saturated heterocycles. The number of halogens is 2. The highest BCUT2D eigenvalue weighted by Gasteiger charge is 2.28. The number of carbonyl (C=O) groups excluding carboxylic acids is 2. The Labute approximate surface area is 175 Å². The third kappa shape index (κ3) is 5.42. The molecule has 1 atom stereocenters. The molecule has 0 aliphatic carbocycles. The monoisotopic (exact) mass is 415 g/mol. The average Bonchev–Trinajstić information content (AvgIpc) is 2.74. The minimum atomic E-state index is -0.379. The molecular weight excluding hydrogens is 388 g/mol. The van der Waals surface area contributed by atoms with Crippen molar-refractivity contribution in [2.45, 2.75) is 18.9 Å². The van der Waals surface area contributed by atoms with Crippen LogP contribution in [-0.4, -0.2) is 55.3 Å². The molecule has 0 saturated carbocycles. The van der Waals surface area contributed by atoms with Crippen molar-refractivity contribution in [3.8, 4) is 0 Å². The van der Waals surface area contributed by atoms with Crippen LogP contribution in [0.1, 0.15) is 34.8 Å². The predicted molar refractivity (Wildman–Crippen MR) is 111 cm³/mol. The van der Waals surface area contributed by atoms with Gasteiger partial charge in [0.1, 0.15) is 11.6 Å². The zero-order chi connectivity index (χ0) is 21.7. The fourth-order valence-electron chi connectivity index (χ4n) is 3.77. The molecule has 160 valence electrons. The van der Waals surface area contributed by atoms with Crippen molar-refractivity contribution in [3.63, 3.8) is 0 Å². The number of likely N-dealkylation sites (N-methyl/N-ethyl adjacent to an activating group) is 1. The zero-order valence-corrected chi connectivity index (χ0v) is 17.3. The third-order valence-electron chi connectivity index (χ3n) is 5.57. The van der Waals surface area contributed by atoms with Crippen LogP contribution < -0.4 is 5.32 Å². The SMILES string of the molecule is CN(C)[C@H](CNC(=O)C1CCN(C(=O)c2ccc(F)cc2)CC1)c1cccc(F)c1. The largest absolute Gasteiger partial charge is 0.354 e. The fourth-order valence-corrected chi connectivity index (χ4v) is 3.77. The summed E-state index contributed by atoms with van der Waals surface area (Å²) >= 11 is 0. The van der Waals surface area contributed by atoms with Gasteiger partial charge in [-0.25, -0.2) is 8.78 Å². The Morgan fingerprint density at radius 3 is 2.33 bits per heavy atom. The number of amides is 2. The van der Waals surface area contributed by atoms with Gasteiger partial charge in [-0.3, -0.25) is 9.59 Å². The van der Waals surface area contributed by atoms with E-state index in [2.05, 4.69) is 5.32 Å². The highest BCUT2D eigenvalue weighted by Crippen LogP contribution is 2.21. The van der Waals surface area contributed by atoms with E-state index in [0.29, 0.717) is 38.0 Å². The van der Waals surface area contributed by atoms with Crippen molar-refractivity contribution in [1.29, 1.82) is 0 Å². The summed E-state index contributed by atoms with van der Waals surface area (Å²) in [6.07, 6.45) is 1.15. The van der Waals surface area contributed by atoms with Crippen molar-refractivity contribution < 1.29 is 18.4 Å². The summed E-state index contributed by atoms with van der Waals surface area (Å²) in [7, 11) is 3.78. The second-order valence-corrected chi connectivity index (χ2v) is 7.85. The molecule has 1 heterocycles. The summed E-state index contributed by atoms with van der Waals surface area (Å²) < 4.78 is 26.6. The van der Waals surface area contributed by atoms with Crippen LogP contribution in [0.4, 0.5) is 8.78 Å². The van der Waals surface area contributed by atoms with E-state index in [9.17, 15) is 18.4 Å². The number of nitrogens with one attached hydrogen (secondary N) is 1. The first-order valence-electron chi connectivity index (χ1n) is 10.1. The molecule has 30 heavy (non-hydrogen) atoms. The summed E-state index contributed by atoms with van der Waals surface area (Å²) in [4.78, 5) is 28.8. The van der Waals surface area contributed by atoms with Crippen molar-refractivity contribution in [3.05, 3.63) is 71.3 Å². The maximum absolute atomic E-state index is 13.6. The van der Waals surface area contributed by atoms with Crippen molar-refractivity contribution in [1.82, 2.24) is 15.1 Å². The lowest BCUT2D eigenvalue weighted by molar-refractivity contribution is -0.126. The highest BCUT2D eigenvalue weighted by atomic mass is 19.1. The van der Waals surface area contributed by atoms with Crippen molar-refractivity contribution >= 4 is 11.8 Å². The molecule has 0 bridgehead atoms. The van der Waals surface area contributed by atoms with Gasteiger partial charge in [-0.1, -0.05) is 12.1 Å². The Hall–Kier alpha value is -2.80. The molecule has 1 fully saturated rings. The standard InChI is InChI=1S/C23H27F2N3O2/c1-27(2)21(18-4-3-5-20(25)14-18)15-26-22(29)16-10-12-28(13-11-16)23(30)17-6-8-19(24)9-7-17/h3-9,14,16,21H,10-13,15H2,1-2H3,(H,26,29)/t21-/m1/s1. The maximum atomic E-state index is 13.6. The molecule has 2 aromatic rings. The Balaban J connectivity index is 1.52. The molecule has 1 aliphatic heterocycles. The Kier molecular flexibility index (Phi) is 7.15. The minimum Gasteiger partial charge on any atom is -0.354 e. The van der Waals surface area contributed by atoms with Crippen LogP contribution in [0.5, 0.6) is 0 Å². The number of benzene rings is 2. The topological polar surface area (TPSA) is 52.7 Å². The second-order valence-electron chi connectivity index (χ2n) is 7.85. The van der Waals surface area contributed by atoms with Crippen LogP contribution in [-0.2, 0) is 4.79 Å². The Morgan fingerprint density at radius 1 is 1.07 bits per heavy atom. The molecule has 0 radical (unpaired) electrons. The predicted octanol–water partition coefficient (Wildman–Crippen LogP) is 3.24. The van der Waals surface area contributed by atoms with Crippen LogP contribution in [0.3, 0.4) is 0 Å². The summed E-state index contributed by atoms with van der Waals surface area (Å²) in [6, 6.07) is 11.8. The lowest BCUT2D eigenvalue weighted by Gasteiger charge is -2.32. The van der Waals surface area contributed by atoms with E-state index in [0.717, 1.165) is 5.56 Å². The Bertz CT molecular complexity index is 878. The summed E-state index contributed by atoms with van der Waals surface area (Å²) in [5.74, 6) is -1.04. The van der Waals surface area contributed by atoms with Gasteiger partial charge in [-0.05, 0) is 68.9 Å². The zero-order valence-electron chi connectivity index (χ0n) is 17.3. The molecule has 5 nitrogen and oxygen atoms in total. The van der Waals surface area contributed by atoms with Gasteiger partial charge in [-0.15, -0.1) is 0 Å². The van der Waals surface area contributed by atoms with Gasteiger partial charge in [-0.2, -0.15) is 0 Å². The van der Waals surface area contributed by atoms with Crippen LogP contribution in [0.15, 0.2) is 48.5 Å². The smallest absolute Gasteiger partial charge is 0.253 e.